The predicted molar refractivity (Wildman–Crippen MR) is 111 cm³/mol. The van der Waals surface area contributed by atoms with Crippen molar-refractivity contribution in [1.82, 2.24) is 14.9 Å². The van der Waals surface area contributed by atoms with Gasteiger partial charge in [0.1, 0.15) is 10.6 Å². The van der Waals surface area contributed by atoms with Crippen LogP contribution in [0.4, 0.5) is 0 Å². The molecule has 0 spiro atoms. The van der Waals surface area contributed by atoms with Crippen molar-refractivity contribution in [1.29, 1.82) is 0 Å². The van der Waals surface area contributed by atoms with Crippen molar-refractivity contribution in [3.8, 4) is 5.75 Å². The largest absolute Gasteiger partial charge is 0.495 e. The molecule has 1 saturated heterocycles. The highest BCUT2D eigenvalue weighted by molar-refractivity contribution is 7.89. The molecule has 0 radical (unpaired) electrons. The van der Waals surface area contributed by atoms with Gasteiger partial charge in [-0.2, -0.15) is 0 Å². The molecule has 2 N–H and O–H groups in total. The highest BCUT2D eigenvalue weighted by Crippen LogP contribution is 2.28. The third-order valence-corrected chi connectivity index (χ3v) is 7.01. The molecule has 1 aromatic heterocycles. The molecule has 2 aromatic rings. The second-order valence-corrected chi connectivity index (χ2v) is 9.46. The lowest BCUT2D eigenvalue weighted by Gasteiger charge is -2.31. The SMILES string of the molecule is COc1ccc(C(=O)NC2CCN(C(=O)c3ccco3)CC2)cc1S(=O)(=O)NC1CC1. The van der Waals surface area contributed by atoms with E-state index >= 15 is 0 Å². The Balaban J connectivity index is 1.40. The summed E-state index contributed by atoms with van der Waals surface area (Å²) in [5.41, 5.74) is 0.242. The van der Waals surface area contributed by atoms with Crippen molar-refractivity contribution < 1.29 is 27.2 Å². The van der Waals surface area contributed by atoms with E-state index in [4.69, 9.17) is 9.15 Å². The van der Waals surface area contributed by atoms with Crippen LogP contribution in [0.5, 0.6) is 5.75 Å². The summed E-state index contributed by atoms with van der Waals surface area (Å²) in [7, 11) is -2.38. The number of carbonyl (C=O) groups excluding carboxylic acids is 2. The summed E-state index contributed by atoms with van der Waals surface area (Å²) in [6.07, 6.45) is 4.28. The Morgan fingerprint density at radius 3 is 2.45 bits per heavy atom. The van der Waals surface area contributed by atoms with Gasteiger partial charge in [-0.25, -0.2) is 13.1 Å². The average molecular weight is 448 g/mol. The first-order valence-electron chi connectivity index (χ1n) is 10.2. The number of nitrogens with zero attached hydrogens (tertiary/aromatic N) is 1. The molecule has 31 heavy (non-hydrogen) atoms. The zero-order chi connectivity index (χ0) is 22.0. The summed E-state index contributed by atoms with van der Waals surface area (Å²) in [6.45, 7) is 0.996. The van der Waals surface area contributed by atoms with Gasteiger partial charge in [0.15, 0.2) is 5.76 Å². The quantitative estimate of drug-likeness (QED) is 0.668. The van der Waals surface area contributed by atoms with Crippen LogP contribution in [0.3, 0.4) is 0 Å². The fourth-order valence-electron chi connectivity index (χ4n) is 3.56. The fraction of sp³-hybridized carbons (Fsp3) is 0.429. The van der Waals surface area contributed by atoms with E-state index in [1.165, 1.54) is 25.5 Å². The molecule has 0 bridgehead atoms. The zero-order valence-electron chi connectivity index (χ0n) is 17.2. The van der Waals surface area contributed by atoms with Crippen LogP contribution in [0, 0.1) is 0 Å². The number of furan rings is 1. The summed E-state index contributed by atoms with van der Waals surface area (Å²) < 4.78 is 38.3. The summed E-state index contributed by atoms with van der Waals surface area (Å²) in [5, 5.41) is 2.94. The monoisotopic (exact) mass is 447 g/mol. The van der Waals surface area contributed by atoms with Crippen LogP contribution in [0.2, 0.25) is 0 Å². The minimum atomic E-state index is -3.78. The number of carbonyl (C=O) groups is 2. The van der Waals surface area contributed by atoms with E-state index in [1.54, 1.807) is 23.1 Å². The maximum atomic E-state index is 12.8. The number of hydrogen-bond donors (Lipinski definition) is 2. The Bertz CT molecular complexity index is 1050. The summed E-state index contributed by atoms with van der Waals surface area (Å²) in [6, 6.07) is 7.50. The number of hydrogen-bond acceptors (Lipinski definition) is 6. The van der Waals surface area contributed by atoms with Gasteiger partial charge < -0.3 is 19.4 Å². The van der Waals surface area contributed by atoms with Gasteiger partial charge in [0.25, 0.3) is 11.8 Å². The van der Waals surface area contributed by atoms with Crippen molar-refractivity contribution in [2.24, 2.45) is 0 Å². The normalized spacial score (nSPS) is 17.4. The first-order valence-corrected chi connectivity index (χ1v) is 11.7. The van der Waals surface area contributed by atoms with Crippen LogP contribution in [-0.4, -0.2) is 57.4 Å². The minimum Gasteiger partial charge on any atom is -0.495 e. The van der Waals surface area contributed by atoms with E-state index in [0.717, 1.165) is 12.8 Å². The van der Waals surface area contributed by atoms with Gasteiger partial charge in [0, 0.05) is 30.7 Å². The van der Waals surface area contributed by atoms with Gasteiger partial charge in [0.05, 0.1) is 13.4 Å². The number of benzene rings is 1. The molecule has 2 heterocycles. The maximum absolute atomic E-state index is 12.8. The van der Waals surface area contributed by atoms with Gasteiger partial charge in [-0.05, 0) is 56.0 Å². The third kappa shape index (κ3) is 4.91. The number of piperidine rings is 1. The Morgan fingerprint density at radius 2 is 1.84 bits per heavy atom. The van der Waals surface area contributed by atoms with E-state index in [-0.39, 0.29) is 40.1 Å². The van der Waals surface area contributed by atoms with Crippen molar-refractivity contribution >= 4 is 21.8 Å². The number of ether oxygens (including phenoxy) is 1. The molecular weight excluding hydrogens is 422 g/mol. The van der Waals surface area contributed by atoms with Crippen molar-refractivity contribution in [2.45, 2.75) is 42.7 Å². The Morgan fingerprint density at radius 1 is 1.10 bits per heavy atom. The molecule has 10 heteroatoms. The lowest BCUT2D eigenvalue weighted by atomic mass is 10.0. The topological polar surface area (TPSA) is 118 Å². The van der Waals surface area contributed by atoms with E-state index in [9.17, 15) is 18.0 Å². The van der Waals surface area contributed by atoms with E-state index in [0.29, 0.717) is 31.7 Å². The molecule has 1 aliphatic heterocycles. The number of amides is 2. The van der Waals surface area contributed by atoms with Crippen LogP contribution < -0.4 is 14.8 Å². The van der Waals surface area contributed by atoms with Crippen molar-refractivity contribution in [3.63, 3.8) is 0 Å². The first-order chi connectivity index (χ1) is 14.9. The van der Waals surface area contributed by atoms with Crippen molar-refractivity contribution in [2.75, 3.05) is 20.2 Å². The maximum Gasteiger partial charge on any atom is 0.289 e. The molecule has 1 saturated carbocycles. The smallest absolute Gasteiger partial charge is 0.289 e. The minimum absolute atomic E-state index is 0.0478. The predicted octanol–water partition coefficient (Wildman–Crippen LogP) is 1.76. The molecule has 1 aromatic carbocycles. The number of methoxy groups -OCH3 is 1. The summed E-state index contributed by atoms with van der Waals surface area (Å²) in [4.78, 5) is 26.8. The molecule has 0 atom stereocenters. The van der Waals surface area contributed by atoms with Gasteiger partial charge >= 0.3 is 0 Å². The molecule has 4 rings (SSSR count). The molecular formula is C21H25N3O6S. The second kappa shape index (κ2) is 8.72. The Labute approximate surface area is 180 Å². The molecule has 9 nitrogen and oxygen atoms in total. The Hall–Kier alpha value is -2.85. The van der Waals surface area contributed by atoms with E-state index < -0.39 is 10.0 Å². The number of nitrogens with one attached hydrogen (secondary N) is 2. The van der Waals surface area contributed by atoms with E-state index in [2.05, 4.69) is 10.0 Å². The van der Waals surface area contributed by atoms with Crippen LogP contribution in [0.15, 0.2) is 45.9 Å². The lowest BCUT2D eigenvalue weighted by Crippen LogP contribution is -2.46. The van der Waals surface area contributed by atoms with Crippen LogP contribution in [0.1, 0.15) is 46.6 Å². The number of sulfonamides is 1. The molecule has 2 fully saturated rings. The van der Waals surface area contributed by atoms with Gasteiger partial charge in [-0.1, -0.05) is 0 Å². The van der Waals surface area contributed by atoms with Crippen LogP contribution in [0.25, 0.3) is 0 Å². The van der Waals surface area contributed by atoms with Gasteiger partial charge in [0.2, 0.25) is 10.0 Å². The van der Waals surface area contributed by atoms with Crippen LogP contribution in [-0.2, 0) is 10.0 Å². The molecule has 2 aliphatic rings. The highest BCUT2D eigenvalue weighted by atomic mass is 32.2. The molecule has 166 valence electrons. The summed E-state index contributed by atoms with van der Waals surface area (Å²) >= 11 is 0. The molecule has 1 aliphatic carbocycles. The van der Waals surface area contributed by atoms with Gasteiger partial charge in [-0.15, -0.1) is 0 Å². The second-order valence-electron chi connectivity index (χ2n) is 7.78. The fourth-order valence-corrected chi connectivity index (χ4v) is 5.06. The van der Waals surface area contributed by atoms with E-state index in [1.807, 2.05) is 0 Å². The van der Waals surface area contributed by atoms with Gasteiger partial charge in [-0.3, -0.25) is 9.59 Å². The highest BCUT2D eigenvalue weighted by Gasteiger charge is 2.31. The average Bonchev–Trinajstić information content (AvgIpc) is 3.39. The van der Waals surface area contributed by atoms with Crippen molar-refractivity contribution in [3.05, 3.63) is 47.9 Å². The zero-order valence-corrected chi connectivity index (χ0v) is 18.0. The molecule has 0 unspecified atom stereocenters. The first kappa shape index (κ1) is 21.4. The standard InChI is InChI=1S/C21H25N3O6S/c1-29-17-7-4-14(13-19(17)31(27,28)23-16-5-6-16)20(25)22-15-8-10-24(11-9-15)21(26)18-3-2-12-30-18/h2-4,7,12-13,15-16,23H,5-6,8-11H2,1H3,(H,22,25). The lowest BCUT2D eigenvalue weighted by molar-refractivity contribution is 0.0667. The number of likely N-dealkylation sites (tertiary alicyclic amines) is 1. The summed E-state index contributed by atoms with van der Waals surface area (Å²) in [5.74, 6) is -0.0343. The Kier molecular flexibility index (Phi) is 6.01. The molecule has 2 amide bonds. The third-order valence-electron chi connectivity index (χ3n) is 5.46. The van der Waals surface area contributed by atoms with Crippen LogP contribution >= 0.6 is 0 Å². The number of rotatable bonds is 7.